The maximum absolute atomic E-state index is 10.7. The number of ether oxygens (including phenoxy) is 3. The molecule has 0 aliphatic carbocycles. The lowest BCUT2D eigenvalue weighted by atomic mass is 10.4. The predicted octanol–water partition coefficient (Wildman–Crippen LogP) is -0.865. The summed E-state index contributed by atoms with van der Waals surface area (Å²) in [6.07, 6.45) is 3.74. The third-order valence-electron chi connectivity index (χ3n) is 1.85. The fraction of sp³-hybridized carbons (Fsp3) is 0.500. The molecule has 0 spiro atoms. The van der Waals surface area contributed by atoms with E-state index < -0.39 is 24.3 Å². The van der Waals surface area contributed by atoms with Crippen LogP contribution in [0.5, 0.6) is 0 Å². The fourth-order valence-corrected chi connectivity index (χ4v) is 0.767. The van der Waals surface area contributed by atoms with Gasteiger partial charge in [0, 0.05) is 26.4 Å². The highest BCUT2D eigenvalue weighted by atomic mass is 16.6. The highest BCUT2D eigenvalue weighted by molar-refractivity contribution is 5.95. The van der Waals surface area contributed by atoms with Gasteiger partial charge in [-0.05, 0) is 19.1 Å². The summed E-state index contributed by atoms with van der Waals surface area (Å²) in [5, 5.41) is 23.9. The lowest BCUT2D eigenvalue weighted by molar-refractivity contribution is -0.139. The molecule has 0 amide bonds. The number of carboxylic acid groups (broad SMARTS) is 1. The molecule has 0 aromatic rings. The molecule has 0 saturated carbocycles. The monoisotopic (exact) mass is 378 g/mol. The Hall–Kier alpha value is -2.40. The largest absolute Gasteiger partial charge is 0.478 e. The van der Waals surface area contributed by atoms with Crippen molar-refractivity contribution in [2.75, 3.05) is 47.3 Å². The van der Waals surface area contributed by atoms with E-state index in [2.05, 4.69) is 14.2 Å². The number of esters is 1. The van der Waals surface area contributed by atoms with Gasteiger partial charge in [0.15, 0.2) is 11.6 Å². The highest BCUT2D eigenvalue weighted by Crippen LogP contribution is 1.83. The summed E-state index contributed by atoms with van der Waals surface area (Å²) < 4.78 is 13.7. The molecule has 150 valence electrons. The second-order valence-electron chi connectivity index (χ2n) is 4.12. The number of carboxylic acids is 1. The quantitative estimate of drug-likeness (QED) is 0.248. The molecule has 0 radical (unpaired) electrons. The molecule has 0 fully saturated rings. The van der Waals surface area contributed by atoms with Crippen LogP contribution in [0.2, 0.25) is 0 Å². The van der Waals surface area contributed by atoms with E-state index in [-0.39, 0.29) is 19.0 Å². The van der Waals surface area contributed by atoms with Gasteiger partial charge in [-0.3, -0.25) is 9.59 Å². The molecule has 0 aromatic carbocycles. The van der Waals surface area contributed by atoms with Crippen LogP contribution in [0.3, 0.4) is 0 Å². The SMILES string of the molecule is COCCO.COCCOC(=O)/C=C/C(C)=O.O=C(O)/C=C/C(=O)CO. The van der Waals surface area contributed by atoms with Crippen molar-refractivity contribution in [3.05, 3.63) is 24.3 Å². The van der Waals surface area contributed by atoms with E-state index in [0.717, 1.165) is 18.2 Å². The summed E-state index contributed by atoms with van der Waals surface area (Å²) in [6.45, 7) is 1.84. The lowest BCUT2D eigenvalue weighted by Crippen LogP contribution is -2.07. The summed E-state index contributed by atoms with van der Waals surface area (Å²) in [4.78, 5) is 40.9. The number of hydrogen-bond acceptors (Lipinski definition) is 9. The van der Waals surface area contributed by atoms with Crippen molar-refractivity contribution in [2.45, 2.75) is 6.92 Å². The first kappa shape index (κ1) is 28.4. The van der Waals surface area contributed by atoms with Gasteiger partial charge >= 0.3 is 11.9 Å². The van der Waals surface area contributed by atoms with Gasteiger partial charge in [-0.25, -0.2) is 9.59 Å². The Balaban J connectivity index is -0.000000333. The molecule has 0 bridgehead atoms. The van der Waals surface area contributed by atoms with Gasteiger partial charge in [-0.15, -0.1) is 0 Å². The standard InChI is InChI=1S/C8H12O4.C5H6O4.C3H8O2/c1-7(9)3-4-8(10)12-6-5-11-2;6-3-4(7)1-2-5(8)9;1-5-3-2-4/h3-4H,5-6H2,1-2H3;1-2,6H,3H2,(H,8,9);4H,2-3H2,1H3/b4-3+;2-1+;. The van der Waals surface area contributed by atoms with Gasteiger partial charge in [0.05, 0.1) is 19.8 Å². The van der Waals surface area contributed by atoms with Crippen LogP contribution in [0.15, 0.2) is 24.3 Å². The number of hydrogen-bond donors (Lipinski definition) is 3. The molecule has 3 N–H and O–H groups in total. The minimum Gasteiger partial charge on any atom is -0.478 e. The summed E-state index contributed by atoms with van der Waals surface area (Å²) in [5.74, 6) is -2.52. The van der Waals surface area contributed by atoms with Crippen LogP contribution >= 0.6 is 0 Å². The molecule has 0 rings (SSSR count). The van der Waals surface area contributed by atoms with Crippen molar-refractivity contribution in [1.29, 1.82) is 0 Å². The zero-order valence-corrected chi connectivity index (χ0v) is 15.0. The van der Waals surface area contributed by atoms with Gasteiger partial charge in [0.2, 0.25) is 0 Å². The number of carbonyl (C=O) groups excluding carboxylic acids is 3. The Kier molecular flexibility index (Phi) is 24.7. The van der Waals surface area contributed by atoms with Crippen molar-refractivity contribution >= 4 is 23.5 Å². The molecule has 10 heteroatoms. The Morgan fingerprint density at radius 3 is 1.77 bits per heavy atom. The van der Waals surface area contributed by atoms with Gasteiger partial charge in [0.1, 0.15) is 13.2 Å². The van der Waals surface area contributed by atoms with Crippen molar-refractivity contribution in [3.8, 4) is 0 Å². The Bertz CT molecular complexity index is 452. The number of aliphatic carboxylic acids is 1. The number of allylic oxidation sites excluding steroid dienone is 1. The predicted molar refractivity (Wildman–Crippen MR) is 90.5 cm³/mol. The first-order valence-electron chi connectivity index (χ1n) is 7.23. The number of rotatable bonds is 10. The van der Waals surface area contributed by atoms with Crippen molar-refractivity contribution in [1.82, 2.24) is 0 Å². The molecule has 0 unspecified atom stereocenters. The van der Waals surface area contributed by atoms with Crippen LogP contribution in [-0.2, 0) is 33.4 Å². The van der Waals surface area contributed by atoms with Crippen molar-refractivity contribution in [3.63, 3.8) is 0 Å². The number of methoxy groups -OCH3 is 2. The molecule has 0 aliphatic heterocycles. The topological polar surface area (TPSA) is 157 Å². The van der Waals surface area contributed by atoms with Crippen molar-refractivity contribution in [2.24, 2.45) is 0 Å². The maximum atomic E-state index is 10.7. The van der Waals surface area contributed by atoms with E-state index in [9.17, 15) is 19.2 Å². The number of aliphatic hydroxyl groups excluding tert-OH is 2. The summed E-state index contributed by atoms with van der Waals surface area (Å²) in [5.41, 5.74) is 0. The smallest absolute Gasteiger partial charge is 0.330 e. The Morgan fingerprint density at radius 2 is 1.42 bits per heavy atom. The van der Waals surface area contributed by atoms with Crippen LogP contribution < -0.4 is 0 Å². The van der Waals surface area contributed by atoms with E-state index in [1.165, 1.54) is 14.0 Å². The molecule has 0 atom stereocenters. The Morgan fingerprint density at radius 1 is 0.846 bits per heavy atom. The van der Waals surface area contributed by atoms with Gasteiger partial charge < -0.3 is 29.5 Å². The van der Waals surface area contributed by atoms with E-state index >= 15 is 0 Å². The summed E-state index contributed by atoms with van der Waals surface area (Å²) in [7, 11) is 3.06. The summed E-state index contributed by atoms with van der Waals surface area (Å²) in [6, 6.07) is 0. The zero-order valence-electron chi connectivity index (χ0n) is 15.0. The van der Waals surface area contributed by atoms with E-state index in [1.54, 1.807) is 7.11 Å². The number of carbonyl (C=O) groups is 4. The lowest BCUT2D eigenvalue weighted by Gasteiger charge is -1.98. The van der Waals surface area contributed by atoms with E-state index in [4.69, 9.17) is 15.3 Å². The molecule has 10 nitrogen and oxygen atoms in total. The average Bonchev–Trinajstić information content (AvgIpc) is 2.60. The second kappa shape index (κ2) is 22.6. The van der Waals surface area contributed by atoms with Crippen LogP contribution in [0.25, 0.3) is 0 Å². The molecule has 0 aromatic heterocycles. The van der Waals surface area contributed by atoms with E-state index in [0.29, 0.717) is 19.3 Å². The van der Waals surface area contributed by atoms with Crippen molar-refractivity contribution < 1.29 is 48.7 Å². The van der Waals surface area contributed by atoms with Gasteiger partial charge in [-0.1, -0.05) is 0 Å². The highest BCUT2D eigenvalue weighted by Gasteiger charge is 1.95. The first-order valence-corrected chi connectivity index (χ1v) is 7.23. The molecule has 0 saturated heterocycles. The third kappa shape index (κ3) is 33.3. The normalized spacial score (nSPS) is 9.73. The van der Waals surface area contributed by atoms with Gasteiger partial charge in [-0.2, -0.15) is 0 Å². The molecule has 0 aliphatic rings. The second-order valence-corrected chi connectivity index (χ2v) is 4.12. The van der Waals surface area contributed by atoms with Crippen LogP contribution in [0.1, 0.15) is 6.92 Å². The fourth-order valence-electron chi connectivity index (χ4n) is 0.767. The van der Waals surface area contributed by atoms with Crippen LogP contribution in [0, 0.1) is 0 Å². The molecule has 0 heterocycles. The average molecular weight is 378 g/mol. The summed E-state index contributed by atoms with van der Waals surface area (Å²) >= 11 is 0. The maximum Gasteiger partial charge on any atom is 0.330 e. The minimum absolute atomic E-state index is 0.122. The third-order valence-corrected chi connectivity index (χ3v) is 1.85. The Labute approximate surface area is 151 Å². The number of ketones is 2. The van der Waals surface area contributed by atoms with Crippen LogP contribution in [0.4, 0.5) is 0 Å². The van der Waals surface area contributed by atoms with Gasteiger partial charge in [0.25, 0.3) is 0 Å². The minimum atomic E-state index is -1.20. The molecular formula is C16H26O10. The van der Waals surface area contributed by atoms with Crippen LogP contribution in [-0.4, -0.2) is 86.1 Å². The first-order chi connectivity index (χ1) is 12.2. The molecular weight excluding hydrogens is 352 g/mol. The zero-order chi connectivity index (χ0) is 20.8. The van der Waals surface area contributed by atoms with E-state index in [1.807, 2.05) is 0 Å². The number of aliphatic hydroxyl groups is 2. The molecule has 26 heavy (non-hydrogen) atoms.